The monoisotopic (exact) mass is 403 g/mol. The van der Waals surface area contributed by atoms with E-state index in [2.05, 4.69) is 10.2 Å². The number of para-hydroxylation sites is 1. The molecule has 0 aliphatic carbocycles. The first-order chi connectivity index (χ1) is 14.6. The second-order valence-corrected chi connectivity index (χ2v) is 7.24. The van der Waals surface area contributed by atoms with Gasteiger partial charge in [-0.25, -0.2) is 13.6 Å². The molecule has 0 N–H and O–H groups in total. The van der Waals surface area contributed by atoms with Crippen LogP contribution in [0.5, 0.6) is 0 Å². The van der Waals surface area contributed by atoms with Gasteiger partial charge < -0.3 is 4.90 Å². The van der Waals surface area contributed by atoms with Gasteiger partial charge >= 0.3 is 0 Å². The van der Waals surface area contributed by atoms with Gasteiger partial charge in [0.1, 0.15) is 24.2 Å². The molecule has 0 spiro atoms. The van der Waals surface area contributed by atoms with Gasteiger partial charge in [-0.2, -0.15) is 10.2 Å². The summed E-state index contributed by atoms with van der Waals surface area (Å²) in [5.74, 6) is -0.524. The fraction of sp³-hybridized carbons (Fsp3) is 0.182. The number of aryl methyl sites for hydroxylation is 1. The number of hydrogen-bond acceptors (Lipinski definition) is 4. The average molecular weight is 403 g/mol. The van der Waals surface area contributed by atoms with Crippen LogP contribution in [0.2, 0.25) is 0 Å². The van der Waals surface area contributed by atoms with Crippen molar-refractivity contribution in [3.63, 3.8) is 0 Å². The molecule has 0 fully saturated rings. The maximum Gasteiger partial charge on any atom is 0.293 e. The van der Waals surface area contributed by atoms with Crippen molar-refractivity contribution in [1.82, 2.24) is 19.4 Å². The molecule has 0 saturated carbocycles. The fourth-order valence-electron chi connectivity index (χ4n) is 3.82. The number of rotatable bonds is 3. The molecular formula is C22H18FN5O2. The van der Waals surface area contributed by atoms with E-state index >= 15 is 0 Å². The summed E-state index contributed by atoms with van der Waals surface area (Å²) in [4.78, 5) is 27.6. The number of carbonyl (C=O) groups excluding carboxylic acids is 1. The number of fused-ring (bicyclic) bond motifs is 2. The summed E-state index contributed by atoms with van der Waals surface area (Å²) in [6, 6.07) is 15.3. The Bertz CT molecular complexity index is 1310. The summed E-state index contributed by atoms with van der Waals surface area (Å²) in [6.45, 7) is 0.467. The number of nitrogens with zero attached hydrogens (tertiary/aromatic N) is 5. The van der Waals surface area contributed by atoms with Gasteiger partial charge in [-0.05, 0) is 54.8 Å². The smallest absolute Gasteiger partial charge is 0.293 e. The minimum atomic E-state index is -0.406. The van der Waals surface area contributed by atoms with Crippen LogP contribution in [0.15, 0.2) is 65.7 Å². The highest BCUT2D eigenvalue weighted by Crippen LogP contribution is 2.26. The minimum absolute atomic E-state index is 0.152. The number of halogens is 1. The summed E-state index contributed by atoms with van der Waals surface area (Å²) in [6.07, 6.45) is 3.22. The topological polar surface area (TPSA) is 72.5 Å². The van der Waals surface area contributed by atoms with Gasteiger partial charge in [0, 0.05) is 17.8 Å². The third-order valence-electron chi connectivity index (χ3n) is 5.33. The van der Waals surface area contributed by atoms with Crippen molar-refractivity contribution in [3.8, 4) is 11.3 Å². The van der Waals surface area contributed by atoms with Crippen molar-refractivity contribution in [3.05, 3.63) is 82.7 Å². The highest BCUT2D eigenvalue weighted by molar-refractivity contribution is 5.94. The van der Waals surface area contributed by atoms with Gasteiger partial charge in [-0.15, -0.1) is 0 Å². The van der Waals surface area contributed by atoms with Crippen LogP contribution in [0.3, 0.4) is 0 Å². The Morgan fingerprint density at radius 2 is 1.90 bits per heavy atom. The van der Waals surface area contributed by atoms with Crippen molar-refractivity contribution >= 4 is 17.1 Å². The maximum absolute atomic E-state index is 13.2. The van der Waals surface area contributed by atoms with Gasteiger partial charge in [0.2, 0.25) is 5.91 Å². The Morgan fingerprint density at radius 1 is 1.10 bits per heavy atom. The molecule has 0 unspecified atom stereocenters. The molecule has 0 radical (unpaired) electrons. The zero-order chi connectivity index (χ0) is 20.7. The maximum atomic E-state index is 13.2. The lowest BCUT2D eigenvalue weighted by atomic mass is 10.0. The van der Waals surface area contributed by atoms with Crippen LogP contribution in [0.1, 0.15) is 12.0 Å². The van der Waals surface area contributed by atoms with Gasteiger partial charge in [0.15, 0.2) is 0 Å². The molecule has 1 aliphatic rings. The molecule has 0 atom stereocenters. The van der Waals surface area contributed by atoms with E-state index in [4.69, 9.17) is 0 Å². The van der Waals surface area contributed by atoms with E-state index in [0.29, 0.717) is 23.3 Å². The van der Waals surface area contributed by atoms with Crippen molar-refractivity contribution < 1.29 is 9.18 Å². The lowest BCUT2D eigenvalue weighted by Gasteiger charge is -2.29. The highest BCUT2D eigenvalue weighted by Gasteiger charge is 2.23. The van der Waals surface area contributed by atoms with E-state index in [0.717, 1.165) is 28.8 Å². The zero-order valence-corrected chi connectivity index (χ0v) is 16.0. The van der Waals surface area contributed by atoms with Crippen molar-refractivity contribution in [1.29, 1.82) is 0 Å². The van der Waals surface area contributed by atoms with Crippen LogP contribution in [0, 0.1) is 5.82 Å². The molecule has 2 aromatic heterocycles. The van der Waals surface area contributed by atoms with Crippen molar-refractivity contribution in [2.24, 2.45) is 0 Å². The molecule has 0 saturated heterocycles. The summed E-state index contributed by atoms with van der Waals surface area (Å²) in [5.41, 5.74) is 3.14. The Morgan fingerprint density at radius 3 is 2.73 bits per heavy atom. The van der Waals surface area contributed by atoms with Crippen LogP contribution in [-0.2, 0) is 17.8 Å². The lowest BCUT2D eigenvalue weighted by molar-refractivity contribution is -0.119. The van der Waals surface area contributed by atoms with E-state index in [1.807, 2.05) is 24.3 Å². The molecule has 1 aliphatic heterocycles. The fourth-order valence-corrected chi connectivity index (χ4v) is 3.82. The largest absolute Gasteiger partial charge is 0.311 e. The van der Waals surface area contributed by atoms with Crippen molar-refractivity contribution in [2.45, 2.75) is 19.4 Å². The number of aromatic nitrogens is 4. The van der Waals surface area contributed by atoms with Gasteiger partial charge in [0.25, 0.3) is 5.56 Å². The Hall–Kier alpha value is -3.81. The summed E-state index contributed by atoms with van der Waals surface area (Å²) in [7, 11) is 0. The van der Waals surface area contributed by atoms with E-state index < -0.39 is 5.56 Å². The Labute approximate surface area is 171 Å². The molecule has 2 aromatic carbocycles. The number of amides is 1. The van der Waals surface area contributed by atoms with Crippen LogP contribution in [-0.4, -0.2) is 31.8 Å². The van der Waals surface area contributed by atoms with Crippen LogP contribution >= 0.6 is 0 Å². The van der Waals surface area contributed by atoms with E-state index in [1.54, 1.807) is 23.1 Å². The van der Waals surface area contributed by atoms with E-state index in [1.165, 1.54) is 23.0 Å². The van der Waals surface area contributed by atoms with Crippen molar-refractivity contribution in [2.75, 3.05) is 11.4 Å². The third kappa shape index (κ3) is 3.16. The number of anilines is 1. The van der Waals surface area contributed by atoms with Gasteiger partial charge in [-0.1, -0.05) is 18.2 Å². The summed E-state index contributed by atoms with van der Waals surface area (Å²) >= 11 is 0. The van der Waals surface area contributed by atoms with Gasteiger partial charge in [0.05, 0.1) is 5.69 Å². The summed E-state index contributed by atoms with van der Waals surface area (Å²) < 4.78 is 15.7. The minimum Gasteiger partial charge on any atom is -0.311 e. The standard InChI is InChI=1S/C22H18FN5O2/c23-17-9-7-15(8-10-17)18-12-20-22(30)27(24-14-28(20)25-18)13-21(29)26-11-3-5-16-4-1-2-6-19(16)26/h1-2,4,6-10,12,14H,3,5,11,13H2. The van der Waals surface area contributed by atoms with Crippen LogP contribution < -0.4 is 10.5 Å². The van der Waals surface area contributed by atoms with E-state index in [-0.39, 0.29) is 18.3 Å². The SMILES string of the molecule is O=C(Cn1ncn2nc(-c3ccc(F)cc3)cc2c1=O)N1CCCc2ccccc21. The van der Waals surface area contributed by atoms with Crippen LogP contribution in [0.4, 0.5) is 10.1 Å². The molecule has 4 aromatic rings. The first kappa shape index (κ1) is 18.2. The number of benzene rings is 2. The first-order valence-corrected chi connectivity index (χ1v) is 9.70. The quantitative estimate of drug-likeness (QED) is 0.527. The summed E-state index contributed by atoms with van der Waals surface area (Å²) in [5, 5.41) is 8.45. The normalized spacial score (nSPS) is 13.4. The second kappa shape index (κ2) is 7.22. The molecule has 0 bridgehead atoms. The predicted molar refractivity (Wildman–Crippen MR) is 110 cm³/mol. The predicted octanol–water partition coefficient (Wildman–Crippen LogP) is 2.68. The molecular weight excluding hydrogens is 385 g/mol. The first-order valence-electron chi connectivity index (χ1n) is 9.70. The molecule has 150 valence electrons. The number of carbonyl (C=O) groups is 1. The molecule has 7 nitrogen and oxygen atoms in total. The molecule has 1 amide bonds. The van der Waals surface area contributed by atoms with Crippen LogP contribution in [0.25, 0.3) is 16.8 Å². The number of hydrogen-bond donors (Lipinski definition) is 0. The third-order valence-corrected chi connectivity index (χ3v) is 5.33. The average Bonchev–Trinajstić information content (AvgIpc) is 3.21. The molecule has 8 heteroatoms. The molecule has 5 rings (SSSR count). The highest BCUT2D eigenvalue weighted by atomic mass is 19.1. The van der Waals surface area contributed by atoms with Gasteiger partial charge in [-0.3, -0.25) is 9.59 Å². The van der Waals surface area contributed by atoms with E-state index in [9.17, 15) is 14.0 Å². The molecule has 30 heavy (non-hydrogen) atoms. The second-order valence-electron chi connectivity index (χ2n) is 7.24. The molecule has 3 heterocycles. The Balaban J connectivity index is 1.45. The zero-order valence-electron chi connectivity index (χ0n) is 16.0. The Kier molecular flexibility index (Phi) is 4.39. The lowest BCUT2D eigenvalue weighted by Crippen LogP contribution is -2.40.